The van der Waals surface area contributed by atoms with E-state index in [9.17, 15) is 4.39 Å². The second kappa shape index (κ2) is 6.70. The van der Waals surface area contributed by atoms with Gasteiger partial charge in [-0.05, 0) is 30.2 Å². The molecule has 106 valence electrons. The van der Waals surface area contributed by atoms with E-state index in [-0.39, 0.29) is 11.9 Å². The molecular formula is C15H16ClFN2O. The number of rotatable bonds is 5. The molecular weight excluding hydrogens is 279 g/mol. The number of hydrogen-bond acceptors (Lipinski definition) is 3. The Morgan fingerprint density at radius 1 is 1.30 bits per heavy atom. The van der Waals surface area contributed by atoms with Crippen LogP contribution in [0.1, 0.15) is 17.2 Å². The highest BCUT2D eigenvalue weighted by Gasteiger charge is 2.17. The van der Waals surface area contributed by atoms with Crippen LogP contribution < -0.4 is 16.0 Å². The van der Waals surface area contributed by atoms with E-state index >= 15 is 0 Å². The summed E-state index contributed by atoms with van der Waals surface area (Å²) in [6.07, 6.45) is 0.403. The molecule has 0 aliphatic carbocycles. The maximum absolute atomic E-state index is 13.9. The average molecular weight is 295 g/mol. The summed E-state index contributed by atoms with van der Waals surface area (Å²) >= 11 is 5.75. The van der Waals surface area contributed by atoms with Crippen LogP contribution in [-0.4, -0.2) is 7.11 Å². The summed E-state index contributed by atoms with van der Waals surface area (Å²) in [7, 11) is 1.59. The van der Waals surface area contributed by atoms with E-state index in [1.807, 2.05) is 24.3 Å². The van der Waals surface area contributed by atoms with Gasteiger partial charge in [-0.25, -0.2) is 4.39 Å². The molecule has 0 spiro atoms. The fourth-order valence-electron chi connectivity index (χ4n) is 2.12. The van der Waals surface area contributed by atoms with Gasteiger partial charge in [-0.1, -0.05) is 35.9 Å². The van der Waals surface area contributed by atoms with Crippen LogP contribution in [0.5, 0.6) is 5.75 Å². The summed E-state index contributed by atoms with van der Waals surface area (Å²) in [4.78, 5) is 0. The molecule has 0 saturated carbocycles. The lowest BCUT2D eigenvalue weighted by Crippen LogP contribution is -2.30. The van der Waals surface area contributed by atoms with Gasteiger partial charge in [-0.2, -0.15) is 0 Å². The van der Waals surface area contributed by atoms with Crippen molar-refractivity contribution in [1.29, 1.82) is 0 Å². The largest absolute Gasteiger partial charge is 0.496 e. The molecule has 2 aromatic carbocycles. The van der Waals surface area contributed by atoms with Gasteiger partial charge in [-0.15, -0.1) is 0 Å². The van der Waals surface area contributed by atoms with Crippen LogP contribution >= 0.6 is 11.6 Å². The van der Waals surface area contributed by atoms with Gasteiger partial charge in [0.2, 0.25) is 0 Å². The number of hydrogen-bond donors (Lipinski definition) is 2. The van der Waals surface area contributed by atoms with E-state index in [0.717, 1.165) is 5.56 Å². The number of hydrazine groups is 1. The Hall–Kier alpha value is -1.62. The monoisotopic (exact) mass is 294 g/mol. The Kier molecular flexibility index (Phi) is 4.95. The van der Waals surface area contributed by atoms with Crippen molar-refractivity contribution < 1.29 is 9.13 Å². The first-order chi connectivity index (χ1) is 9.65. The third-order valence-corrected chi connectivity index (χ3v) is 3.39. The fraction of sp³-hybridized carbons (Fsp3) is 0.200. The molecule has 0 amide bonds. The molecule has 1 atom stereocenters. The minimum absolute atomic E-state index is 0.248. The predicted octanol–water partition coefficient (Wildman–Crippen LogP) is 3.23. The fourth-order valence-corrected chi connectivity index (χ4v) is 2.28. The first kappa shape index (κ1) is 14.8. The third kappa shape index (κ3) is 3.28. The van der Waals surface area contributed by atoms with Crippen LogP contribution in [0, 0.1) is 5.82 Å². The van der Waals surface area contributed by atoms with Crippen LogP contribution in [0.25, 0.3) is 0 Å². The van der Waals surface area contributed by atoms with E-state index in [1.54, 1.807) is 19.2 Å². The minimum atomic E-state index is -0.340. The van der Waals surface area contributed by atoms with Crippen molar-refractivity contribution in [2.45, 2.75) is 12.5 Å². The molecule has 0 aliphatic rings. The summed E-state index contributed by atoms with van der Waals surface area (Å²) in [5, 5.41) is 0.376. The molecule has 1 unspecified atom stereocenters. The smallest absolute Gasteiger partial charge is 0.127 e. The zero-order valence-electron chi connectivity index (χ0n) is 11.1. The van der Waals surface area contributed by atoms with Crippen LogP contribution in [0.2, 0.25) is 5.02 Å². The van der Waals surface area contributed by atoms with Gasteiger partial charge in [0.25, 0.3) is 0 Å². The van der Waals surface area contributed by atoms with Crippen molar-refractivity contribution in [3.05, 3.63) is 64.4 Å². The van der Waals surface area contributed by atoms with Crippen LogP contribution in [0.15, 0.2) is 42.5 Å². The molecule has 0 bridgehead atoms. The predicted molar refractivity (Wildman–Crippen MR) is 78.2 cm³/mol. The van der Waals surface area contributed by atoms with Crippen molar-refractivity contribution in [3.63, 3.8) is 0 Å². The normalized spacial score (nSPS) is 12.2. The number of benzene rings is 2. The molecule has 0 aliphatic heterocycles. The van der Waals surface area contributed by atoms with E-state index in [2.05, 4.69) is 5.43 Å². The Balaban J connectivity index is 2.29. The number of para-hydroxylation sites is 1. The highest BCUT2D eigenvalue weighted by Crippen LogP contribution is 2.28. The van der Waals surface area contributed by atoms with Crippen LogP contribution in [-0.2, 0) is 6.42 Å². The molecule has 0 aromatic heterocycles. The summed E-state index contributed by atoms with van der Waals surface area (Å²) in [5.74, 6) is 5.97. The minimum Gasteiger partial charge on any atom is -0.496 e. The van der Waals surface area contributed by atoms with Gasteiger partial charge in [0.15, 0.2) is 0 Å². The van der Waals surface area contributed by atoms with Crippen molar-refractivity contribution in [2.75, 3.05) is 7.11 Å². The van der Waals surface area contributed by atoms with Crippen molar-refractivity contribution in [2.24, 2.45) is 5.84 Å². The second-order valence-electron chi connectivity index (χ2n) is 4.40. The Bertz CT molecular complexity index is 592. The number of nitrogens with one attached hydrogen (secondary N) is 1. The topological polar surface area (TPSA) is 47.3 Å². The standard InChI is InChI=1S/C15H16ClFN2O/c1-20-15-5-3-2-4-12(15)14(19-18)8-10-6-7-11(16)9-13(10)17/h2-7,9,14,19H,8,18H2,1H3. The Morgan fingerprint density at radius 3 is 2.70 bits per heavy atom. The maximum Gasteiger partial charge on any atom is 0.127 e. The number of nitrogens with two attached hydrogens (primary N) is 1. The van der Waals surface area contributed by atoms with Gasteiger partial charge >= 0.3 is 0 Å². The molecule has 3 N–H and O–H groups in total. The van der Waals surface area contributed by atoms with Gasteiger partial charge in [0.05, 0.1) is 13.2 Å². The molecule has 0 heterocycles. The Morgan fingerprint density at radius 2 is 2.05 bits per heavy atom. The molecule has 2 aromatic rings. The van der Waals surface area contributed by atoms with Crippen molar-refractivity contribution in [1.82, 2.24) is 5.43 Å². The van der Waals surface area contributed by atoms with Gasteiger partial charge < -0.3 is 4.74 Å². The lowest BCUT2D eigenvalue weighted by molar-refractivity contribution is 0.398. The summed E-state index contributed by atoms with van der Waals surface area (Å²) in [5.41, 5.74) is 4.13. The molecule has 0 saturated heterocycles. The number of ether oxygens (including phenoxy) is 1. The van der Waals surface area contributed by atoms with Gasteiger partial charge in [-0.3, -0.25) is 11.3 Å². The Labute approximate surface area is 122 Å². The molecule has 20 heavy (non-hydrogen) atoms. The summed E-state index contributed by atoms with van der Waals surface area (Å²) in [6, 6.07) is 11.9. The zero-order chi connectivity index (χ0) is 14.5. The van der Waals surface area contributed by atoms with Gasteiger partial charge in [0, 0.05) is 10.6 Å². The lowest BCUT2D eigenvalue weighted by Gasteiger charge is -2.19. The summed E-state index contributed by atoms with van der Waals surface area (Å²) in [6.45, 7) is 0. The molecule has 0 fully saturated rings. The highest BCUT2D eigenvalue weighted by atomic mass is 35.5. The van der Waals surface area contributed by atoms with Gasteiger partial charge in [0.1, 0.15) is 11.6 Å². The first-order valence-electron chi connectivity index (χ1n) is 6.18. The van der Waals surface area contributed by atoms with E-state index in [0.29, 0.717) is 22.8 Å². The van der Waals surface area contributed by atoms with Crippen LogP contribution in [0.3, 0.4) is 0 Å². The summed E-state index contributed by atoms with van der Waals surface area (Å²) < 4.78 is 19.2. The SMILES string of the molecule is COc1ccccc1C(Cc1ccc(Cl)cc1F)NN. The molecule has 5 heteroatoms. The second-order valence-corrected chi connectivity index (χ2v) is 4.84. The lowest BCUT2D eigenvalue weighted by atomic mass is 9.98. The maximum atomic E-state index is 13.9. The third-order valence-electron chi connectivity index (χ3n) is 3.15. The van der Waals surface area contributed by atoms with E-state index in [1.165, 1.54) is 6.07 Å². The average Bonchev–Trinajstić information content (AvgIpc) is 2.46. The quantitative estimate of drug-likeness (QED) is 0.657. The number of halogens is 2. The highest BCUT2D eigenvalue weighted by molar-refractivity contribution is 6.30. The van der Waals surface area contributed by atoms with Crippen molar-refractivity contribution in [3.8, 4) is 5.75 Å². The van der Waals surface area contributed by atoms with E-state index < -0.39 is 0 Å². The zero-order valence-corrected chi connectivity index (χ0v) is 11.8. The molecule has 0 radical (unpaired) electrons. The van der Waals surface area contributed by atoms with Crippen LogP contribution in [0.4, 0.5) is 4.39 Å². The first-order valence-corrected chi connectivity index (χ1v) is 6.56. The molecule has 3 nitrogen and oxygen atoms in total. The number of methoxy groups -OCH3 is 1. The molecule has 2 rings (SSSR count). The van der Waals surface area contributed by atoms with Crippen molar-refractivity contribution >= 4 is 11.6 Å². The van der Waals surface area contributed by atoms with E-state index in [4.69, 9.17) is 22.2 Å².